The van der Waals surface area contributed by atoms with Crippen LogP contribution < -0.4 is 15.4 Å². The van der Waals surface area contributed by atoms with Gasteiger partial charge in [0, 0.05) is 31.7 Å². The summed E-state index contributed by atoms with van der Waals surface area (Å²) >= 11 is 0. The lowest BCUT2D eigenvalue weighted by atomic mass is 10.0. The first-order valence-corrected chi connectivity index (χ1v) is 6.49. The molecule has 1 amide bonds. The van der Waals surface area contributed by atoms with Gasteiger partial charge in [0.25, 0.3) is 0 Å². The fourth-order valence-electron chi connectivity index (χ4n) is 2.11. The summed E-state index contributed by atoms with van der Waals surface area (Å²) in [6.07, 6.45) is 0. The SMILES string of the molecule is COCCNC(=O)CNCC1COc2ccccc21. The lowest BCUT2D eigenvalue weighted by molar-refractivity contribution is -0.120. The number of methoxy groups -OCH3 is 1. The van der Waals surface area contributed by atoms with Gasteiger partial charge in [0.1, 0.15) is 5.75 Å². The fraction of sp³-hybridized carbons (Fsp3) is 0.500. The molecule has 5 heteroatoms. The molecular formula is C14H20N2O3. The third-order valence-corrected chi connectivity index (χ3v) is 3.10. The summed E-state index contributed by atoms with van der Waals surface area (Å²) in [5.41, 5.74) is 1.22. The van der Waals surface area contributed by atoms with Crippen LogP contribution >= 0.6 is 0 Å². The van der Waals surface area contributed by atoms with Gasteiger partial charge in [0.2, 0.25) is 5.91 Å². The number of rotatable bonds is 7. The van der Waals surface area contributed by atoms with Crippen LogP contribution in [0.5, 0.6) is 5.75 Å². The van der Waals surface area contributed by atoms with Gasteiger partial charge in [-0.05, 0) is 6.07 Å². The van der Waals surface area contributed by atoms with E-state index >= 15 is 0 Å². The van der Waals surface area contributed by atoms with E-state index in [2.05, 4.69) is 16.7 Å². The van der Waals surface area contributed by atoms with Gasteiger partial charge in [0.05, 0.1) is 19.8 Å². The molecule has 1 unspecified atom stereocenters. The lowest BCUT2D eigenvalue weighted by Gasteiger charge is -2.10. The third-order valence-electron chi connectivity index (χ3n) is 3.10. The molecule has 0 radical (unpaired) electrons. The Morgan fingerprint density at radius 3 is 3.16 bits per heavy atom. The fourth-order valence-corrected chi connectivity index (χ4v) is 2.11. The first-order chi connectivity index (χ1) is 9.31. The van der Waals surface area contributed by atoms with Crippen LogP contribution in [-0.2, 0) is 9.53 Å². The van der Waals surface area contributed by atoms with Crippen LogP contribution in [0.25, 0.3) is 0 Å². The molecule has 1 heterocycles. The molecule has 0 saturated carbocycles. The summed E-state index contributed by atoms with van der Waals surface area (Å²) in [6.45, 7) is 2.83. The monoisotopic (exact) mass is 264 g/mol. The molecule has 1 aliphatic heterocycles. The number of hydrogen-bond donors (Lipinski definition) is 2. The van der Waals surface area contributed by atoms with Gasteiger partial charge in [-0.15, -0.1) is 0 Å². The summed E-state index contributed by atoms with van der Waals surface area (Å²) in [6, 6.07) is 8.04. The van der Waals surface area contributed by atoms with Crippen molar-refractivity contribution in [3.63, 3.8) is 0 Å². The summed E-state index contributed by atoms with van der Waals surface area (Å²) in [5, 5.41) is 5.93. The Labute approximate surface area is 113 Å². The van der Waals surface area contributed by atoms with Gasteiger partial charge >= 0.3 is 0 Å². The highest BCUT2D eigenvalue weighted by atomic mass is 16.5. The third kappa shape index (κ3) is 3.94. The Bertz CT molecular complexity index is 423. The van der Waals surface area contributed by atoms with Crippen LogP contribution in [0.1, 0.15) is 11.5 Å². The molecule has 2 rings (SSSR count). The number of ether oxygens (including phenoxy) is 2. The van der Waals surface area contributed by atoms with Gasteiger partial charge in [0.15, 0.2) is 0 Å². The van der Waals surface area contributed by atoms with Crippen LogP contribution in [-0.4, -0.2) is 45.9 Å². The molecule has 1 atom stereocenters. The standard InChI is InChI=1S/C14H20N2O3/c1-18-7-6-16-14(17)9-15-8-11-10-19-13-5-3-2-4-12(11)13/h2-5,11,15H,6-10H2,1H3,(H,16,17). The second-order valence-electron chi connectivity index (χ2n) is 4.52. The highest BCUT2D eigenvalue weighted by Crippen LogP contribution is 2.32. The summed E-state index contributed by atoms with van der Waals surface area (Å²) in [4.78, 5) is 11.5. The van der Waals surface area contributed by atoms with Gasteiger partial charge in [-0.25, -0.2) is 0 Å². The zero-order valence-corrected chi connectivity index (χ0v) is 11.1. The van der Waals surface area contributed by atoms with Crippen molar-refractivity contribution in [1.82, 2.24) is 10.6 Å². The molecule has 0 bridgehead atoms. The predicted molar refractivity (Wildman–Crippen MR) is 72.4 cm³/mol. The van der Waals surface area contributed by atoms with Crippen LogP contribution in [0.3, 0.4) is 0 Å². The Kier molecular flexibility index (Phi) is 5.18. The minimum atomic E-state index is -0.00995. The Balaban J connectivity index is 1.68. The number of carbonyl (C=O) groups excluding carboxylic acids is 1. The molecule has 0 saturated heterocycles. The van der Waals surface area contributed by atoms with E-state index in [0.717, 1.165) is 12.3 Å². The maximum absolute atomic E-state index is 11.5. The number of benzene rings is 1. The van der Waals surface area contributed by atoms with Gasteiger partial charge < -0.3 is 20.1 Å². The minimum Gasteiger partial charge on any atom is -0.493 e. The molecule has 2 N–H and O–H groups in total. The Morgan fingerprint density at radius 1 is 1.47 bits per heavy atom. The number of hydrogen-bond acceptors (Lipinski definition) is 4. The first kappa shape index (κ1) is 13.8. The van der Waals surface area contributed by atoms with Crippen molar-refractivity contribution in [3.05, 3.63) is 29.8 Å². The zero-order valence-electron chi connectivity index (χ0n) is 11.1. The average Bonchev–Trinajstić information content (AvgIpc) is 2.83. The van der Waals surface area contributed by atoms with E-state index in [0.29, 0.717) is 32.2 Å². The van der Waals surface area contributed by atoms with Crippen molar-refractivity contribution >= 4 is 5.91 Å². The predicted octanol–water partition coefficient (Wildman–Crippen LogP) is 0.515. The van der Waals surface area contributed by atoms with Gasteiger partial charge in [-0.3, -0.25) is 4.79 Å². The minimum absolute atomic E-state index is 0.00995. The van der Waals surface area contributed by atoms with Gasteiger partial charge in [-0.1, -0.05) is 18.2 Å². The molecule has 104 valence electrons. The quantitative estimate of drug-likeness (QED) is 0.705. The molecule has 0 fully saturated rings. The van der Waals surface area contributed by atoms with Crippen LogP contribution in [0.4, 0.5) is 0 Å². The average molecular weight is 264 g/mol. The van der Waals surface area contributed by atoms with Crippen LogP contribution in [0, 0.1) is 0 Å². The maximum atomic E-state index is 11.5. The van der Waals surface area contributed by atoms with E-state index in [9.17, 15) is 4.79 Å². The Hall–Kier alpha value is -1.59. The largest absolute Gasteiger partial charge is 0.493 e. The molecule has 5 nitrogen and oxygen atoms in total. The van der Waals surface area contributed by atoms with Crippen molar-refractivity contribution in [3.8, 4) is 5.75 Å². The van der Waals surface area contributed by atoms with E-state index in [1.807, 2.05) is 18.2 Å². The highest BCUT2D eigenvalue weighted by Gasteiger charge is 2.23. The molecule has 1 aromatic carbocycles. The molecule has 0 aliphatic carbocycles. The number of carbonyl (C=O) groups is 1. The van der Waals surface area contributed by atoms with Crippen molar-refractivity contribution in [2.24, 2.45) is 0 Å². The zero-order chi connectivity index (χ0) is 13.5. The number of para-hydroxylation sites is 1. The maximum Gasteiger partial charge on any atom is 0.234 e. The van der Waals surface area contributed by atoms with Crippen molar-refractivity contribution in [2.75, 3.05) is 40.0 Å². The second-order valence-corrected chi connectivity index (χ2v) is 4.52. The van der Waals surface area contributed by atoms with E-state index in [4.69, 9.17) is 9.47 Å². The highest BCUT2D eigenvalue weighted by molar-refractivity contribution is 5.77. The van der Waals surface area contributed by atoms with E-state index in [1.165, 1.54) is 5.56 Å². The van der Waals surface area contributed by atoms with Crippen molar-refractivity contribution in [2.45, 2.75) is 5.92 Å². The molecular weight excluding hydrogens is 244 g/mol. The summed E-state index contributed by atoms with van der Waals surface area (Å²) in [7, 11) is 1.61. The topological polar surface area (TPSA) is 59.6 Å². The second kappa shape index (κ2) is 7.11. The molecule has 0 spiro atoms. The van der Waals surface area contributed by atoms with Crippen molar-refractivity contribution < 1.29 is 14.3 Å². The molecule has 1 aliphatic rings. The molecule has 19 heavy (non-hydrogen) atoms. The van der Waals surface area contributed by atoms with Crippen LogP contribution in [0.15, 0.2) is 24.3 Å². The van der Waals surface area contributed by atoms with Crippen LogP contribution in [0.2, 0.25) is 0 Å². The number of nitrogens with one attached hydrogen (secondary N) is 2. The summed E-state index contributed by atoms with van der Waals surface area (Å²) < 4.78 is 10.5. The molecule has 1 aromatic rings. The number of amides is 1. The Morgan fingerprint density at radius 2 is 2.32 bits per heavy atom. The van der Waals surface area contributed by atoms with Crippen molar-refractivity contribution in [1.29, 1.82) is 0 Å². The molecule has 0 aromatic heterocycles. The summed E-state index contributed by atoms with van der Waals surface area (Å²) in [5.74, 6) is 1.27. The van der Waals surface area contributed by atoms with E-state index in [-0.39, 0.29) is 5.91 Å². The van der Waals surface area contributed by atoms with E-state index < -0.39 is 0 Å². The smallest absolute Gasteiger partial charge is 0.234 e. The van der Waals surface area contributed by atoms with Gasteiger partial charge in [-0.2, -0.15) is 0 Å². The first-order valence-electron chi connectivity index (χ1n) is 6.49. The number of fused-ring (bicyclic) bond motifs is 1. The van der Waals surface area contributed by atoms with E-state index in [1.54, 1.807) is 7.11 Å². The normalized spacial score (nSPS) is 16.8. The lowest BCUT2D eigenvalue weighted by Crippen LogP contribution is -2.37.